The first-order valence-corrected chi connectivity index (χ1v) is 11.3. The van der Waals surface area contributed by atoms with Gasteiger partial charge in [-0.1, -0.05) is 48.0 Å². The Labute approximate surface area is 191 Å². The molecule has 0 saturated carbocycles. The van der Waals surface area contributed by atoms with E-state index in [1.807, 2.05) is 27.7 Å². The van der Waals surface area contributed by atoms with Gasteiger partial charge in [0.1, 0.15) is 18.1 Å². The summed E-state index contributed by atoms with van der Waals surface area (Å²) in [5.74, 6) is -3.24. The van der Waals surface area contributed by atoms with Crippen molar-refractivity contribution in [2.75, 3.05) is 0 Å². The lowest BCUT2D eigenvalue weighted by Gasteiger charge is -2.28. The molecule has 0 heterocycles. The van der Waals surface area contributed by atoms with E-state index >= 15 is 0 Å². The first kappa shape index (κ1) is 29.8. The van der Waals surface area contributed by atoms with Gasteiger partial charge in [-0.3, -0.25) is 14.4 Å². The lowest BCUT2D eigenvalue weighted by molar-refractivity contribution is -0.144. The molecule has 0 aliphatic heterocycles. The quantitative estimate of drug-likeness (QED) is 0.218. The number of rotatable bonds is 14. The van der Waals surface area contributed by atoms with Gasteiger partial charge in [0.2, 0.25) is 17.7 Å². The number of aliphatic hydroxyl groups excluding tert-OH is 1. The van der Waals surface area contributed by atoms with Gasteiger partial charge in [-0.25, -0.2) is 4.79 Å². The fourth-order valence-corrected chi connectivity index (χ4v) is 3.18. The molecule has 32 heavy (non-hydrogen) atoms. The van der Waals surface area contributed by atoms with Crippen molar-refractivity contribution in [1.82, 2.24) is 16.0 Å². The molecule has 0 aromatic carbocycles. The van der Waals surface area contributed by atoms with Crippen molar-refractivity contribution in [3.05, 3.63) is 0 Å². The highest BCUT2D eigenvalue weighted by Gasteiger charge is 2.34. The summed E-state index contributed by atoms with van der Waals surface area (Å²) in [6, 6.07) is -4.28. The number of carbonyl (C=O) groups is 4. The number of nitrogens with two attached hydrogens (primary N) is 1. The molecular weight excluding hydrogens is 416 g/mol. The van der Waals surface area contributed by atoms with Crippen molar-refractivity contribution in [1.29, 1.82) is 0 Å². The fraction of sp³-hybridized carbons (Fsp3) is 0.818. The SMILES string of the molecule is CCC(C)C(NC(=O)C(NC(=O)C(CC(C)C)NC(=O)C(N)CC(C)C)C(C)O)C(=O)O. The zero-order valence-electron chi connectivity index (χ0n) is 20.3. The summed E-state index contributed by atoms with van der Waals surface area (Å²) in [7, 11) is 0. The summed E-state index contributed by atoms with van der Waals surface area (Å²) in [6.07, 6.45) is -0.0246. The average Bonchev–Trinajstić information content (AvgIpc) is 2.67. The van der Waals surface area contributed by atoms with Crippen LogP contribution in [0.5, 0.6) is 0 Å². The second kappa shape index (κ2) is 14.1. The summed E-state index contributed by atoms with van der Waals surface area (Å²) in [5.41, 5.74) is 5.92. The predicted molar refractivity (Wildman–Crippen MR) is 121 cm³/mol. The van der Waals surface area contributed by atoms with Crippen molar-refractivity contribution in [2.24, 2.45) is 23.5 Å². The Kier molecular flexibility index (Phi) is 13.1. The molecule has 7 N–H and O–H groups in total. The Bertz CT molecular complexity index is 638. The summed E-state index contributed by atoms with van der Waals surface area (Å²) < 4.78 is 0. The minimum atomic E-state index is -1.38. The number of nitrogens with one attached hydrogen (secondary N) is 3. The van der Waals surface area contributed by atoms with E-state index in [-0.39, 0.29) is 17.8 Å². The number of amides is 3. The number of carbonyl (C=O) groups excluding carboxylic acids is 3. The first-order chi connectivity index (χ1) is 14.7. The molecule has 0 aromatic rings. The maximum atomic E-state index is 12.9. The molecule has 0 saturated heterocycles. The third-order valence-corrected chi connectivity index (χ3v) is 5.24. The van der Waals surface area contributed by atoms with Crippen molar-refractivity contribution >= 4 is 23.7 Å². The van der Waals surface area contributed by atoms with Crippen LogP contribution in [0, 0.1) is 17.8 Å². The van der Waals surface area contributed by atoms with Crippen molar-refractivity contribution in [3.63, 3.8) is 0 Å². The summed E-state index contributed by atoms with van der Waals surface area (Å²) in [4.78, 5) is 49.6. The van der Waals surface area contributed by atoms with Gasteiger partial charge >= 0.3 is 5.97 Å². The summed E-state index contributed by atoms with van der Waals surface area (Å²) in [5, 5.41) is 27.0. The molecule has 3 amide bonds. The molecule has 0 bridgehead atoms. The van der Waals surface area contributed by atoms with Crippen LogP contribution in [-0.4, -0.2) is 64.2 Å². The van der Waals surface area contributed by atoms with Crippen LogP contribution in [0.15, 0.2) is 0 Å². The number of hydrogen-bond donors (Lipinski definition) is 6. The van der Waals surface area contributed by atoms with Crippen LogP contribution >= 0.6 is 0 Å². The number of aliphatic carboxylic acids is 1. The lowest BCUT2D eigenvalue weighted by Crippen LogP contribution is -2.60. The molecule has 0 fully saturated rings. The van der Waals surface area contributed by atoms with Crippen molar-refractivity contribution < 1.29 is 29.4 Å². The maximum Gasteiger partial charge on any atom is 0.326 e. The highest BCUT2D eigenvalue weighted by molar-refractivity contribution is 5.94. The van der Waals surface area contributed by atoms with Crippen LogP contribution in [-0.2, 0) is 19.2 Å². The Morgan fingerprint density at radius 1 is 0.781 bits per heavy atom. The van der Waals surface area contributed by atoms with Gasteiger partial charge in [-0.15, -0.1) is 0 Å². The fourth-order valence-electron chi connectivity index (χ4n) is 3.18. The minimum absolute atomic E-state index is 0.0491. The number of carboxylic acids is 1. The lowest BCUT2D eigenvalue weighted by atomic mass is 9.98. The molecule has 0 aromatic heterocycles. The topological polar surface area (TPSA) is 171 Å². The highest BCUT2D eigenvalue weighted by atomic mass is 16.4. The minimum Gasteiger partial charge on any atom is -0.480 e. The normalized spacial score (nSPS) is 17.1. The Morgan fingerprint density at radius 2 is 1.28 bits per heavy atom. The summed E-state index contributed by atoms with van der Waals surface area (Å²) >= 11 is 0. The molecule has 0 radical (unpaired) electrons. The van der Waals surface area contributed by atoms with Gasteiger partial charge < -0.3 is 31.9 Å². The average molecular weight is 459 g/mol. The molecule has 0 aliphatic rings. The van der Waals surface area contributed by atoms with E-state index in [2.05, 4.69) is 16.0 Å². The van der Waals surface area contributed by atoms with Gasteiger partial charge in [0.15, 0.2) is 0 Å². The molecule has 0 spiro atoms. The maximum absolute atomic E-state index is 12.9. The third kappa shape index (κ3) is 10.4. The van der Waals surface area contributed by atoms with Crippen LogP contribution in [0.25, 0.3) is 0 Å². The highest BCUT2D eigenvalue weighted by Crippen LogP contribution is 2.11. The van der Waals surface area contributed by atoms with Crippen molar-refractivity contribution in [2.45, 2.75) is 98.0 Å². The molecule has 0 aliphatic carbocycles. The molecule has 6 atom stereocenters. The van der Waals surface area contributed by atoms with Crippen LogP contribution < -0.4 is 21.7 Å². The number of hydrogen-bond acceptors (Lipinski definition) is 6. The van der Waals surface area contributed by atoms with E-state index < -0.39 is 54.0 Å². The molecule has 0 rings (SSSR count). The zero-order valence-corrected chi connectivity index (χ0v) is 20.3. The monoisotopic (exact) mass is 458 g/mol. The number of aliphatic hydroxyl groups is 1. The van der Waals surface area contributed by atoms with Crippen LogP contribution in [0.4, 0.5) is 0 Å². The van der Waals surface area contributed by atoms with Gasteiger partial charge in [0.25, 0.3) is 0 Å². The van der Waals surface area contributed by atoms with E-state index in [9.17, 15) is 29.4 Å². The van der Waals surface area contributed by atoms with Crippen LogP contribution in [0.1, 0.15) is 67.7 Å². The smallest absolute Gasteiger partial charge is 0.326 e. The Hall–Kier alpha value is -2.20. The van der Waals surface area contributed by atoms with E-state index in [1.54, 1.807) is 13.8 Å². The molecule has 186 valence electrons. The second-order valence-corrected chi connectivity index (χ2v) is 9.36. The largest absolute Gasteiger partial charge is 0.480 e. The predicted octanol–water partition coefficient (Wildman–Crippen LogP) is 0.372. The third-order valence-electron chi connectivity index (χ3n) is 5.24. The van der Waals surface area contributed by atoms with E-state index in [1.165, 1.54) is 6.92 Å². The zero-order chi connectivity index (χ0) is 25.2. The van der Waals surface area contributed by atoms with E-state index in [4.69, 9.17) is 5.73 Å². The molecule has 6 unspecified atom stereocenters. The van der Waals surface area contributed by atoms with E-state index in [0.29, 0.717) is 19.3 Å². The molecular formula is C22H42N4O6. The Balaban J connectivity index is 5.46. The molecule has 10 heteroatoms. The van der Waals surface area contributed by atoms with Crippen LogP contribution in [0.2, 0.25) is 0 Å². The number of carboxylic acid groups (broad SMARTS) is 1. The Morgan fingerprint density at radius 3 is 1.69 bits per heavy atom. The van der Waals surface area contributed by atoms with Crippen LogP contribution in [0.3, 0.4) is 0 Å². The van der Waals surface area contributed by atoms with Gasteiger partial charge in [-0.2, -0.15) is 0 Å². The van der Waals surface area contributed by atoms with Gasteiger partial charge in [0.05, 0.1) is 12.1 Å². The standard InChI is InChI=1S/C22H42N4O6/c1-8-13(6)17(22(31)32)25-21(30)18(14(7)27)26-20(29)16(10-12(4)5)24-19(28)15(23)9-11(2)3/h11-18,27H,8-10,23H2,1-7H3,(H,24,28)(H,25,30)(H,26,29)(H,31,32). The van der Waals surface area contributed by atoms with E-state index in [0.717, 1.165) is 0 Å². The summed E-state index contributed by atoms with van der Waals surface area (Å²) in [6.45, 7) is 12.4. The molecule has 10 nitrogen and oxygen atoms in total. The van der Waals surface area contributed by atoms with Crippen molar-refractivity contribution in [3.8, 4) is 0 Å². The second-order valence-electron chi connectivity index (χ2n) is 9.36. The first-order valence-electron chi connectivity index (χ1n) is 11.3. The van der Waals surface area contributed by atoms with Gasteiger partial charge in [-0.05, 0) is 37.5 Å². The van der Waals surface area contributed by atoms with Gasteiger partial charge in [0, 0.05) is 0 Å².